The van der Waals surface area contributed by atoms with Crippen LogP contribution in [0.4, 0.5) is 0 Å². The van der Waals surface area contributed by atoms with E-state index in [1.54, 1.807) is 0 Å². The fourth-order valence-electron chi connectivity index (χ4n) is 2.26. The summed E-state index contributed by atoms with van der Waals surface area (Å²) in [5.41, 5.74) is 1.11. The van der Waals surface area contributed by atoms with Gasteiger partial charge in [-0.15, -0.1) is 0 Å². The van der Waals surface area contributed by atoms with Gasteiger partial charge in [0.15, 0.2) is 0 Å². The Balaban J connectivity index is -0.0000000571. The van der Waals surface area contributed by atoms with Crippen molar-refractivity contribution in [2.45, 2.75) is 90.9 Å². The molecule has 1 saturated carbocycles. The fourth-order valence-corrected chi connectivity index (χ4v) is 5.34. The van der Waals surface area contributed by atoms with Gasteiger partial charge in [-0.1, -0.05) is 80.3 Å². The van der Waals surface area contributed by atoms with Crippen LogP contribution in [0, 0.1) is 20.8 Å². The number of hydrogen-bond donors (Lipinski definition) is 0. The molecule has 140 valence electrons. The molecule has 0 aliphatic heterocycles. The van der Waals surface area contributed by atoms with Gasteiger partial charge >= 0.3 is 21.1 Å². The second-order valence-electron chi connectivity index (χ2n) is 7.69. The first-order chi connectivity index (χ1) is 9.09. The molecule has 2 nitrogen and oxygen atoms in total. The molecule has 0 N–H and O–H groups in total. The van der Waals surface area contributed by atoms with Gasteiger partial charge in [-0.2, -0.15) is 0 Å². The molecule has 23 heavy (non-hydrogen) atoms. The molecule has 0 atom stereocenters. The smallest absolute Gasteiger partial charge is 0.545 e. The third kappa shape index (κ3) is 18.4. The Morgan fingerprint density at radius 2 is 1.09 bits per heavy atom. The molecule has 0 spiro atoms. The van der Waals surface area contributed by atoms with Crippen LogP contribution in [0.2, 0.25) is 23.7 Å². The van der Waals surface area contributed by atoms with Crippen molar-refractivity contribution in [3.8, 4) is 0 Å². The van der Waals surface area contributed by atoms with Gasteiger partial charge in [-0.25, -0.2) is 0 Å². The van der Waals surface area contributed by atoms with E-state index in [0.29, 0.717) is 5.04 Å². The van der Waals surface area contributed by atoms with Crippen LogP contribution in [0.25, 0.3) is 0 Å². The minimum atomic E-state index is -0.972. The molecular formula is C19H42MoO2Si. The van der Waals surface area contributed by atoms with Gasteiger partial charge in [0.1, 0.15) is 0 Å². The molecule has 1 aliphatic carbocycles. The van der Waals surface area contributed by atoms with Crippen molar-refractivity contribution in [1.29, 1.82) is 0 Å². The Kier molecular flexibility index (Phi) is 34.1. The first-order valence-electron chi connectivity index (χ1n) is 7.56. The summed E-state index contributed by atoms with van der Waals surface area (Å²) >= 11 is 0. The van der Waals surface area contributed by atoms with E-state index in [2.05, 4.69) is 68.2 Å². The maximum Gasteiger partial charge on any atom is 4.00 e. The van der Waals surface area contributed by atoms with E-state index < -0.39 is 8.07 Å². The number of hydrogen-bond acceptors (Lipinski definition) is 2. The van der Waals surface area contributed by atoms with Gasteiger partial charge in [0.25, 0.3) is 0 Å². The van der Waals surface area contributed by atoms with Crippen LogP contribution in [-0.4, -0.2) is 21.7 Å². The van der Waals surface area contributed by atoms with Crippen molar-refractivity contribution in [2.24, 2.45) is 5.92 Å². The van der Waals surface area contributed by atoms with E-state index in [-0.39, 0.29) is 35.9 Å². The number of carbonyl (C=O) groups excluding carboxylic acids is 2. The normalized spacial score (nSPS) is 13.3. The van der Waals surface area contributed by atoms with E-state index in [1.807, 2.05) is 0 Å². The van der Waals surface area contributed by atoms with Crippen LogP contribution in [0.5, 0.6) is 0 Å². The van der Waals surface area contributed by atoms with Crippen molar-refractivity contribution in [2.75, 3.05) is 0 Å². The van der Waals surface area contributed by atoms with Crippen molar-refractivity contribution >= 4 is 21.7 Å². The Labute approximate surface area is 163 Å². The van der Waals surface area contributed by atoms with Crippen LogP contribution in [0.3, 0.4) is 0 Å². The molecule has 0 saturated heterocycles. The quantitative estimate of drug-likeness (QED) is 0.274. The summed E-state index contributed by atoms with van der Waals surface area (Å²) < 4.78 is 0. The molecule has 0 aromatic heterocycles. The van der Waals surface area contributed by atoms with Gasteiger partial charge in [-0.3, -0.25) is 13.6 Å². The average molecular weight is 427 g/mol. The van der Waals surface area contributed by atoms with Gasteiger partial charge in [0.2, 0.25) is 0 Å². The van der Waals surface area contributed by atoms with E-state index in [4.69, 9.17) is 9.59 Å². The van der Waals surface area contributed by atoms with E-state index in [0.717, 1.165) is 11.5 Å². The van der Waals surface area contributed by atoms with Crippen molar-refractivity contribution in [3.05, 3.63) is 14.9 Å². The molecule has 0 bridgehead atoms. The first kappa shape index (κ1) is 38.7. The van der Waals surface area contributed by atoms with Crippen LogP contribution in [0.15, 0.2) is 0 Å². The average Bonchev–Trinajstić information content (AvgIpc) is 2.86. The van der Waals surface area contributed by atoms with Crippen molar-refractivity contribution in [3.63, 3.8) is 0 Å². The predicted octanol–water partition coefficient (Wildman–Crippen LogP) is 6.45. The molecule has 0 aromatic carbocycles. The summed E-state index contributed by atoms with van der Waals surface area (Å²) in [6.07, 6.45) is 6.04. The first-order valence-corrected chi connectivity index (χ1v) is 10.6. The molecule has 1 aliphatic rings. The molecule has 4 heteroatoms. The molecule has 0 aromatic rings. The van der Waals surface area contributed by atoms with Gasteiger partial charge < -0.3 is 24.4 Å². The SMILES string of the molecule is CC(C)(C)[Si](C)(C)C1CCCC1.CC(C)C.[CH-]=O.[CH-]=O.[CH3-].[CH3-].[Mo+4]. The summed E-state index contributed by atoms with van der Waals surface area (Å²) in [6.45, 7) is 25.5. The summed E-state index contributed by atoms with van der Waals surface area (Å²) in [5, 5.41) is 0.599. The zero-order chi connectivity index (χ0) is 17.0. The van der Waals surface area contributed by atoms with Crippen LogP contribution < -0.4 is 0 Å². The maximum atomic E-state index is 7.75. The van der Waals surface area contributed by atoms with E-state index in [1.165, 1.54) is 25.7 Å². The Morgan fingerprint density at radius 3 is 1.26 bits per heavy atom. The van der Waals surface area contributed by atoms with Crippen LogP contribution in [-0.2, 0) is 30.7 Å². The molecule has 0 amide bonds. The third-order valence-corrected chi connectivity index (χ3v) is 10.8. The molecular weight excluding hydrogens is 384 g/mol. The van der Waals surface area contributed by atoms with Gasteiger partial charge in [-0.05, 0) is 16.5 Å². The minimum Gasteiger partial charge on any atom is -0.545 e. The zero-order valence-electron chi connectivity index (χ0n) is 17.4. The molecule has 0 heterocycles. The standard InChI is InChI=1S/C11H24Si.C4H10.2CHO.2CH3.Mo/c1-11(2,3)12(4,5)10-8-6-7-9-10;1-4(2)3;2*1-2;;;/h10H,6-9H2,1-5H3;4H,1-3H3;2*1H;2*1H3;/q;;4*-1;+4. The van der Waals surface area contributed by atoms with E-state index >= 15 is 0 Å². The minimum absolute atomic E-state index is 0. The monoisotopic (exact) mass is 428 g/mol. The topological polar surface area (TPSA) is 34.1 Å². The molecule has 1 fully saturated rings. The zero-order valence-corrected chi connectivity index (χ0v) is 20.4. The van der Waals surface area contributed by atoms with Crippen LogP contribution >= 0.6 is 0 Å². The summed E-state index contributed by atoms with van der Waals surface area (Å²) in [7, 11) is -0.972. The Bertz CT molecular complexity index is 215. The number of rotatable bonds is 1. The fraction of sp³-hybridized carbons (Fsp3) is 0.789. The largest absolute Gasteiger partial charge is 4.00 e. The Hall–Kier alpha value is 0.245. The summed E-state index contributed by atoms with van der Waals surface area (Å²) in [4.78, 5) is 15.5. The molecule has 1 rings (SSSR count). The third-order valence-electron chi connectivity index (χ3n) is 4.31. The van der Waals surface area contributed by atoms with Gasteiger partial charge in [0.05, 0.1) is 8.07 Å². The van der Waals surface area contributed by atoms with Crippen LogP contribution in [0.1, 0.15) is 67.2 Å². The Morgan fingerprint density at radius 1 is 0.870 bits per heavy atom. The van der Waals surface area contributed by atoms with Crippen molar-refractivity contribution in [1.82, 2.24) is 0 Å². The second kappa shape index (κ2) is 20.3. The predicted molar refractivity (Wildman–Crippen MR) is 106 cm³/mol. The summed E-state index contributed by atoms with van der Waals surface area (Å²) in [6, 6.07) is 0. The second-order valence-corrected chi connectivity index (χ2v) is 13.4. The maximum absolute atomic E-state index is 7.75. The van der Waals surface area contributed by atoms with Gasteiger partial charge in [0, 0.05) is 0 Å². The molecule has 0 unspecified atom stereocenters. The van der Waals surface area contributed by atoms with Crippen molar-refractivity contribution < 1.29 is 30.7 Å². The van der Waals surface area contributed by atoms with E-state index in [9.17, 15) is 0 Å². The summed E-state index contributed by atoms with van der Waals surface area (Å²) in [5.74, 6) is 0.833. The molecule has 0 radical (unpaired) electrons.